The zero-order chi connectivity index (χ0) is 18.5. The van der Waals surface area contributed by atoms with Gasteiger partial charge in [-0.2, -0.15) is 0 Å². The molecule has 1 amide bonds. The molecule has 2 heterocycles. The average Bonchev–Trinajstić information content (AvgIpc) is 3.10. The smallest absolute Gasteiger partial charge is 0.409 e. The lowest BCUT2D eigenvalue weighted by atomic mass is 10.1. The lowest BCUT2D eigenvalue weighted by Gasteiger charge is -2.39. The van der Waals surface area contributed by atoms with Crippen LogP contribution in [0.1, 0.15) is 19.5 Å². The van der Waals surface area contributed by atoms with Crippen molar-refractivity contribution in [3.05, 3.63) is 41.0 Å². The molecule has 1 atom stereocenters. The van der Waals surface area contributed by atoms with Gasteiger partial charge in [-0.15, -0.1) is 0 Å². The molecular formula is C19H24ClN3O3. The molecule has 0 unspecified atom stereocenters. The molecule has 140 valence electrons. The first kappa shape index (κ1) is 18.7. The Kier molecular flexibility index (Phi) is 6.16. The standard InChI is InChI=1S/C19H24ClN3O3/c1-3-25-19(24)23-10-9-22(14(2)13-23)8-7-17-12-18(26-21-17)15-5-4-6-16(20)11-15/h4-6,11-12,14H,3,7-10,13H2,1-2H3/t14-/m1/s1. The molecule has 0 radical (unpaired) electrons. The number of hydrogen-bond donors (Lipinski definition) is 0. The van der Waals surface area contributed by atoms with Crippen molar-refractivity contribution >= 4 is 17.7 Å². The Morgan fingerprint density at radius 1 is 1.38 bits per heavy atom. The fourth-order valence-electron chi connectivity index (χ4n) is 3.17. The molecule has 6 nitrogen and oxygen atoms in total. The van der Waals surface area contributed by atoms with Gasteiger partial charge < -0.3 is 14.2 Å². The highest BCUT2D eigenvalue weighted by Crippen LogP contribution is 2.23. The lowest BCUT2D eigenvalue weighted by Crippen LogP contribution is -2.54. The number of nitrogens with zero attached hydrogens (tertiary/aromatic N) is 3. The highest BCUT2D eigenvalue weighted by molar-refractivity contribution is 6.30. The molecule has 0 spiro atoms. The number of carbonyl (C=O) groups is 1. The topological polar surface area (TPSA) is 58.8 Å². The van der Waals surface area contributed by atoms with E-state index in [1.807, 2.05) is 37.3 Å². The van der Waals surface area contributed by atoms with Crippen molar-refractivity contribution in [3.8, 4) is 11.3 Å². The number of ether oxygens (including phenoxy) is 1. The van der Waals surface area contributed by atoms with Crippen LogP contribution in [0.4, 0.5) is 4.79 Å². The number of hydrogen-bond acceptors (Lipinski definition) is 5. The van der Waals surface area contributed by atoms with Gasteiger partial charge in [-0.3, -0.25) is 4.90 Å². The van der Waals surface area contributed by atoms with E-state index in [1.165, 1.54) is 0 Å². The van der Waals surface area contributed by atoms with E-state index < -0.39 is 0 Å². The van der Waals surface area contributed by atoms with Gasteiger partial charge in [0.25, 0.3) is 0 Å². The van der Waals surface area contributed by atoms with Crippen LogP contribution in [0.25, 0.3) is 11.3 Å². The molecule has 1 aliphatic heterocycles. The molecule has 1 aliphatic rings. The van der Waals surface area contributed by atoms with Crippen LogP contribution in [0.5, 0.6) is 0 Å². The van der Waals surface area contributed by atoms with Gasteiger partial charge in [-0.25, -0.2) is 4.79 Å². The molecule has 7 heteroatoms. The first-order chi connectivity index (χ1) is 12.6. The van der Waals surface area contributed by atoms with E-state index in [0.717, 1.165) is 36.5 Å². The third-order valence-corrected chi connectivity index (χ3v) is 4.85. The Balaban J connectivity index is 1.53. The van der Waals surface area contributed by atoms with Gasteiger partial charge in [0.05, 0.1) is 12.3 Å². The van der Waals surface area contributed by atoms with Gasteiger partial charge in [0.1, 0.15) is 0 Å². The minimum Gasteiger partial charge on any atom is -0.450 e. The Labute approximate surface area is 158 Å². The number of carbonyl (C=O) groups excluding carboxylic acids is 1. The van der Waals surface area contributed by atoms with E-state index in [0.29, 0.717) is 24.7 Å². The maximum Gasteiger partial charge on any atom is 0.409 e. The quantitative estimate of drug-likeness (QED) is 0.795. The van der Waals surface area contributed by atoms with Gasteiger partial charge in [0, 0.05) is 55.3 Å². The Bertz CT molecular complexity index is 749. The maximum atomic E-state index is 11.8. The fraction of sp³-hybridized carbons (Fsp3) is 0.474. The molecule has 3 rings (SSSR count). The van der Waals surface area contributed by atoms with E-state index in [-0.39, 0.29) is 12.1 Å². The molecule has 0 N–H and O–H groups in total. The van der Waals surface area contributed by atoms with Crippen molar-refractivity contribution in [1.29, 1.82) is 0 Å². The number of aromatic nitrogens is 1. The molecule has 2 aromatic rings. The summed E-state index contributed by atoms with van der Waals surface area (Å²) >= 11 is 6.03. The van der Waals surface area contributed by atoms with Crippen molar-refractivity contribution in [3.63, 3.8) is 0 Å². The van der Waals surface area contributed by atoms with Crippen LogP contribution in [0.2, 0.25) is 5.02 Å². The van der Waals surface area contributed by atoms with Crippen LogP contribution in [0.3, 0.4) is 0 Å². The molecule has 1 aromatic carbocycles. The van der Waals surface area contributed by atoms with Crippen LogP contribution in [-0.4, -0.2) is 59.9 Å². The van der Waals surface area contributed by atoms with Crippen molar-refractivity contribution < 1.29 is 14.1 Å². The fourth-order valence-corrected chi connectivity index (χ4v) is 3.36. The summed E-state index contributed by atoms with van der Waals surface area (Å²) in [4.78, 5) is 16.0. The highest BCUT2D eigenvalue weighted by Gasteiger charge is 2.27. The molecular weight excluding hydrogens is 354 g/mol. The van der Waals surface area contributed by atoms with E-state index in [2.05, 4.69) is 17.0 Å². The second kappa shape index (κ2) is 8.56. The van der Waals surface area contributed by atoms with Crippen LogP contribution < -0.4 is 0 Å². The van der Waals surface area contributed by atoms with Crippen molar-refractivity contribution in [1.82, 2.24) is 15.0 Å². The molecule has 0 aliphatic carbocycles. The van der Waals surface area contributed by atoms with Crippen molar-refractivity contribution in [2.75, 3.05) is 32.8 Å². The zero-order valence-electron chi connectivity index (χ0n) is 15.2. The minimum atomic E-state index is -0.221. The third kappa shape index (κ3) is 4.56. The summed E-state index contributed by atoms with van der Waals surface area (Å²) < 4.78 is 10.5. The lowest BCUT2D eigenvalue weighted by molar-refractivity contribution is 0.0579. The normalized spacial score (nSPS) is 18.1. The SMILES string of the molecule is CCOC(=O)N1CCN(CCc2cc(-c3cccc(Cl)c3)on2)[C@H](C)C1. The highest BCUT2D eigenvalue weighted by atomic mass is 35.5. The number of halogens is 1. The van der Waals surface area contributed by atoms with E-state index in [4.69, 9.17) is 20.9 Å². The number of benzene rings is 1. The average molecular weight is 378 g/mol. The third-order valence-electron chi connectivity index (χ3n) is 4.61. The maximum absolute atomic E-state index is 11.8. The predicted molar refractivity (Wildman–Crippen MR) is 100 cm³/mol. The zero-order valence-corrected chi connectivity index (χ0v) is 15.9. The first-order valence-corrected chi connectivity index (χ1v) is 9.32. The molecule has 1 aromatic heterocycles. The van der Waals surface area contributed by atoms with E-state index in [9.17, 15) is 4.79 Å². The number of amides is 1. The summed E-state index contributed by atoms with van der Waals surface area (Å²) in [5, 5.41) is 4.84. The number of rotatable bonds is 5. The van der Waals surface area contributed by atoms with Gasteiger partial charge in [0.15, 0.2) is 5.76 Å². The minimum absolute atomic E-state index is 0.221. The molecule has 26 heavy (non-hydrogen) atoms. The first-order valence-electron chi connectivity index (χ1n) is 8.94. The molecule has 1 saturated heterocycles. The van der Waals surface area contributed by atoms with E-state index in [1.54, 1.807) is 4.90 Å². The van der Waals surface area contributed by atoms with Gasteiger partial charge in [0.2, 0.25) is 0 Å². The van der Waals surface area contributed by atoms with Gasteiger partial charge in [-0.1, -0.05) is 28.9 Å². The summed E-state index contributed by atoms with van der Waals surface area (Å²) in [6.07, 6.45) is 0.579. The second-order valence-electron chi connectivity index (χ2n) is 6.47. The number of piperazine rings is 1. The Morgan fingerprint density at radius 3 is 2.96 bits per heavy atom. The summed E-state index contributed by atoms with van der Waals surface area (Å²) in [7, 11) is 0. The predicted octanol–water partition coefficient (Wildman–Crippen LogP) is 3.70. The molecule has 1 fully saturated rings. The van der Waals surface area contributed by atoms with Crippen LogP contribution in [0.15, 0.2) is 34.9 Å². The van der Waals surface area contributed by atoms with E-state index >= 15 is 0 Å². The Hall–Kier alpha value is -2.05. The summed E-state index contributed by atoms with van der Waals surface area (Å²) in [6, 6.07) is 9.79. The molecule has 0 bridgehead atoms. The summed E-state index contributed by atoms with van der Waals surface area (Å²) in [5.74, 6) is 0.725. The van der Waals surface area contributed by atoms with Crippen LogP contribution in [-0.2, 0) is 11.2 Å². The molecule has 0 saturated carbocycles. The Morgan fingerprint density at radius 2 is 2.23 bits per heavy atom. The van der Waals surface area contributed by atoms with Crippen molar-refractivity contribution in [2.45, 2.75) is 26.3 Å². The van der Waals surface area contributed by atoms with Crippen LogP contribution >= 0.6 is 11.6 Å². The van der Waals surface area contributed by atoms with Crippen LogP contribution in [0, 0.1) is 0 Å². The largest absolute Gasteiger partial charge is 0.450 e. The van der Waals surface area contributed by atoms with Gasteiger partial charge >= 0.3 is 6.09 Å². The van der Waals surface area contributed by atoms with Crippen molar-refractivity contribution in [2.24, 2.45) is 0 Å². The summed E-state index contributed by atoms with van der Waals surface area (Å²) in [6.45, 7) is 7.45. The summed E-state index contributed by atoms with van der Waals surface area (Å²) in [5.41, 5.74) is 1.84. The second-order valence-corrected chi connectivity index (χ2v) is 6.91. The van der Waals surface area contributed by atoms with Gasteiger partial charge in [-0.05, 0) is 26.0 Å². The monoisotopic (exact) mass is 377 g/mol.